The monoisotopic (exact) mass is 842 g/mol. The highest BCUT2D eigenvalue weighted by molar-refractivity contribution is 6.37. The molecule has 8 nitrogen and oxygen atoms in total. The van der Waals surface area contributed by atoms with E-state index in [1.807, 2.05) is 151 Å². The second kappa shape index (κ2) is 19.1. The summed E-state index contributed by atoms with van der Waals surface area (Å²) in [4.78, 5) is 27.8. The molecule has 2 N–H and O–H groups in total. The average molecular weight is 844 g/mol. The molecule has 308 valence electrons. The molecule has 60 heavy (non-hydrogen) atoms. The van der Waals surface area contributed by atoms with Crippen molar-refractivity contribution in [2.24, 2.45) is 0 Å². The van der Waals surface area contributed by atoms with Gasteiger partial charge in [-0.15, -0.1) is 0 Å². The third-order valence-corrected chi connectivity index (χ3v) is 10.2. The Morgan fingerprint density at radius 3 is 1.48 bits per heavy atom. The lowest BCUT2D eigenvalue weighted by Crippen LogP contribution is -2.21. The van der Waals surface area contributed by atoms with Crippen LogP contribution in [0.25, 0.3) is 24.3 Å². The second-order valence-corrected chi connectivity index (χ2v) is 14.5. The van der Waals surface area contributed by atoms with E-state index in [2.05, 4.69) is 13.2 Å². The number of fused-ring (bicyclic) bond motifs is 4. The fourth-order valence-electron chi connectivity index (χ4n) is 6.86. The van der Waals surface area contributed by atoms with Crippen molar-refractivity contribution in [3.05, 3.63) is 173 Å². The van der Waals surface area contributed by atoms with Gasteiger partial charge in [-0.2, -0.15) is 0 Å². The number of halogens is 2. The summed E-state index contributed by atoms with van der Waals surface area (Å²) in [6.07, 6.45) is 0. The van der Waals surface area contributed by atoms with E-state index in [-0.39, 0.29) is 16.1 Å². The minimum Gasteiger partial charge on any atom is -0.478 e. The molecule has 8 rings (SSSR count). The van der Waals surface area contributed by atoms with E-state index in [0.29, 0.717) is 44.7 Å². The maximum Gasteiger partial charge on any atom is 0.337 e. The highest BCUT2D eigenvalue weighted by atomic mass is 35.5. The molecule has 0 bridgehead atoms. The highest BCUT2D eigenvalue weighted by Crippen LogP contribution is 2.43. The van der Waals surface area contributed by atoms with Gasteiger partial charge >= 0.3 is 11.9 Å². The van der Waals surface area contributed by atoms with E-state index < -0.39 is 11.9 Å². The quantitative estimate of drug-likeness (QED) is 0.171. The lowest BCUT2D eigenvalue weighted by molar-refractivity contribution is 0.0685. The van der Waals surface area contributed by atoms with Crippen molar-refractivity contribution in [3.63, 3.8) is 0 Å². The summed E-state index contributed by atoms with van der Waals surface area (Å²) in [5, 5.41) is 23.2. The first-order valence-electron chi connectivity index (χ1n) is 19.4. The molecule has 6 aromatic carbocycles. The lowest BCUT2D eigenvalue weighted by atomic mass is 9.89. The third kappa shape index (κ3) is 8.90. The SMILES string of the molecule is C=c1ccc2c(c1)Oc1cc(N(C)C)ccc1C=2c1c(Cl)ccc(Cl)c1C(=O)O.C=c1ccc2c(c1)Oc1cc(N(C)C)ccc1C=2c1ccccc1C(=O)O.CC.CC. The molecule has 0 fully saturated rings. The number of rotatable bonds is 6. The van der Waals surface area contributed by atoms with Crippen LogP contribution in [0.2, 0.25) is 10.0 Å². The summed E-state index contributed by atoms with van der Waals surface area (Å²) in [6.45, 7) is 15.9. The number of nitrogens with zero attached hydrogens (tertiary/aromatic N) is 2. The molecule has 10 heteroatoms. The van der Waals surface area contributed by atoms with Gasteiger partial charge in [0.05, 0.1) is 16.1 Å². The van der Waals surface area contributed by atoms with Crippen LogP contribution in [-0.4, -0.2) is 50.3 Å². The Bertz CT molecular complexity index is 2850. The zero-order valence-corrected chi connectivity index (χ0v) is 36.5. The maximum absolute atomic E-state index is 12.1. The van der Waals surface area contributed by atoms with Gasteiger partial charge in [-0.25, -0.2) is 9.59 Å². The van der Waals surface area contributed by atoms with Crippen LogP contribution in [0.3, 0.4) is 0 Å². The van der Waals surface area contributed by atoms with Gasteiger partial charge in [0, 0.05) is 95.0 Å². The Balaban J connectivity index is 0.000000211. The molecule has 0 aromatic heterocycles. The van der Waals surface area contributed by atoms with Gasteiger partial charge in [0.1, 0.15) is 23.0 Å². The summed E-state index contributed by atoms with van der Waals surface area (Å²) in [5.74, 6) is 0.482. The zero-order chi connectivity index (χ0) is 44.0. The van der Waals surface area contributed by atoms with Crippen LogP contribution in [0.15, 0.2) is 109 Å². The summed E-state index contributed by atoms with van der Waals surface area (Å²) < 4.78 is 12.3. The molecule has 0 saturated carbocycles. The van der Waals surface area contributed by atoms with E-state index in [1.165, 1.54) is 6.07 Å². The second-order valence-electron chi connectivity index (χ2n) is 13.7. The summed E-state index contributed by atoms with van der Waals surface area (Å²) in [7, 11) is 7.81. The van der Waals surface area contributed by atoms with E-state index >= 15 is 0 Å². The van der Waals surface area contributed by atoms with Gasteiger partial charge in [-0.3, -0.25) is 0 Å². The largest absolute Gasteiger partial charge is 0.478 e. The maximum atomic E-state index is 12.1. The fraction of sp³-hybridized carbons (Fsp3) is 0.160. The Hall–Kier alpha value is -6.48. The number of benzene rings is 6. The Morgan fingerprint density at radius 2 is 1.00 bits per heavy atom. The number of carbonyl (C=O) groups is 2. The average Bonchev–Trinajstić information content (AvgIpc) is 3.23. The van der Waals surface area contributed by atoms with Crippen molar-refractivity contribution in [1.29, 1.82) is 0 Å². The molecule has 2 aliphatic rings. The standard InChI is InChI=1S/C23H17Cl2NO3.C23H19NO3.2C2H6/c1-12-4-6-14-18(10-12)29-19-11-13(26(2)3)5-7-15(19)20(14)21-16(24)8-9-17(25)22(21)23(27)28;1-14-8-10-18-20(12-14)27-21-13-15(24(2)3)9-11-19(21)22(18)16-6-4-5-7-17(16)23(25)26;2*1-2/h4-11H,1H2,2-3H3,(H,27,28);4-13H,1H2,2-3H3,(H,25,26);2*1-2H3. The summed E-state index contributed by atoms with van der Waals surface area (Å²) in [5.41, 5.74) is 6.36. The van der Waals surface area contributed by atoms with Crippen molar-refractivity contribution < 1.29 is 29.3 Å². The van der Waals surface area contributed by atoms with Crippen molar-refractivity contribution >= 4 is 70.8 Å². The first-order chi connectivity index (χ1) is 28.7. The zero-order valence-electron chi connectivity index (χ0n) is 35.0. The van der Waals surface area contributed by atoms with E-state index in [9.17, 15) is 19.8 Å². The van der Waals surface area contributed by atoms with Crippen molar-refractivity contribution in [2.75, 3.05) is 38.0 Å². The number of hydrogen-bond acceptors (Lipinski definition) is 6. The van der Waals surface area contributed by atoms with Crippen molar-refractivity contribution in [3.8, 4) is 23.0 Å². The Kier molecular flexibility index (Phi) is 14.2. The molecule has 0 saturated heterocycles. The van der Waals surface area contributed by atoms with Crippen LogP contribution in [0.4, 0.5) is 11.4 Å². The predicted molar refractivity (Wildman–Crippen MR) is 247 cm³/mol. The summed E-state index contributed by atoms with van der Waals surface area (Å²) >= 11 is 12.8. The van der Waals surface area contributed by atoms with Crippen LogP contribution < -0.4 is 40.1 Å². The molecule has 0 atom stereocenters. The Labute approximate surface area is 360 Å². The van der Waals surface area contributed by atoms with Gasteiger partial charge in [-0.05, 0) is 70.6 Å². The normalized spacial score (nSPS) is 11.4. The minimum atomic E-state index is -1.15. The third-order valence-electron chi connectivity index (χ3n) is 9.57. The molecule has 2 aliphatic heterocycles. The van der Waals surface area contributed by atoms with Gasteiger partial charge in [0.15, 0.2) is 0 Å². The molecule has 6 aromatic rings. The lowest BCUT2D eigenvalue weighted by Gasteiger charge is -2.24. The van der Waals surface area contributed by atoms with Gasteiger partial charge in [0.2, 0.25) is 0 Å². The number of carboxylic acid groups (broad SMARTS) is 2. The number of hydrogen-bond donors (Lipinski definition) is 2. The number of carboxylic acids is 2. The first-order valence-corrected chi connectivity index (χ1v) is 20.2. The van der Waals surface area contributed by atoms with Gasteiger partial charge in [-0.1, -0.05) is 107 Å². The van der Waals surface area contributed by atoms with Gasteiger partial charge in [0.25, 0.3) is 0 Å². The van der Waals surface area contributed by atoms with Crippen LogP contribution in [0.1, 0.15) is 70.7 Å². The van der Waals surface area contributed by atoms with Crippen LogP contribution in [0, 0.1) is 0 Å². The van der Waals surface area contributed by atoms with Crippen molar-refractivity contribution in [1.82, 2.24) is 0 Å². The number of ether oxygens (including phenoxy) is 2. The number of anilines is 2. The molecular formula is C50H48Cl2N2O6. The molecule has 2 heterocycles. The predicted octanol–water partition coefficient (Wildman–Crippen LogP) is 9.79. The molecule has 0 spiro atoms. The van der Waals surface area contributed by atoms with E-state index in [1.54, 1.807) is 18.2 Å². The van der Waals surface area contributed by atoms with Gasteiger partial charge < -0.3 is 29.5 Å². The molecule has 0 amide bonds. The number of aromatic carboxylic acids is 2. The molecule has 0 radical (unpaired) electrons. The van der Waals surface area contributed by atoms with Crippen LogP contribution >= 0.6 is 23.2 Å². The first kappa shape index (κ1) is 44.6. The summed E-state index contributed by atoms with van der Waals surface area (Å²) in [6, 6.07) is 33.1. The van der Waals surface area contributed by atoms with E-state index in [0.717, 1.165) is 48.9 Å². The topological polar surface area (TPSA) is 99.5 Å². The molecule has 0 unspecified atom stereocenters. The van der Waals surface area contributed by atoms with Crippen LogP contribution in [0.5, 0.6) is 23.0 Å². The minimum absolute atomic E-state index is 0.0386. The molecule has 0 aliphatic carbocycles. The van der Waals surface area contributed by atoms with Crippen molar-refractivity contribution in [2.45, 2.75) is 27.7 Å². The van der Waals surface area contributed by atoms with E-state index in [4.69, 9.17) is 32.7 Å². The fourth-order valence-corrected chi connectivity index (χ4v) is 7.35. The molecular weight excluding hydrogens is 795 g/mol. The Morgan fingerprint density at radius 1 is 0.533 bits per heavy atom. The van der Waals surface area contributed by atoms with Crippen LogP contribution in [-0.2, 0) is 0 Å². The smallest absolute Gasteiger partial charge is 0.337 e. The highest BCUT2D eigenvalue weighted by Gasteiger charge is 2.28.